The number of aldehydes is 1. The maximum atomic E-state index is 12.1. The molecule has 6 heteroatoms. The Morgan fingerprint density at radius 2 is 2.03 bits per heavy atom. The molecule has 186 valence electrons. The van der Waals surface area contributed by atoms with Crippen molar-refractivity contribution in [3.8, 4) is 0 Å². The van der Waals surface area contributed by atoms with Gasteiger partial charge in [0.1, 0.15) is 12.4 Å². The molecule has 0 aromatic carbocycles. The average molecular weight is 526 g/mol. The number of carbonyl (C=O) groups is 2. The Kier molecular flexibility index (Phi) is 7.77. The summed E-state index contributed by atoms with van der Waals surface area (Å²) in [5.74, 6) is 0.881. The molecule has 4 aliphatic carbocycles. The van der Waals surface area contributed by atoms with Crippen LogP contribution < -0.4 is 0 Å². The second kappa shape index (κ2) is 10.1. The Morgan fingerprint density at radius 1 is 1.24 bits per heavy atom. The molecule has 0 aromatic rings. The lowest BCUT2D eigenvalue weighted by molar-refractivity contribution is -0.161. The van der Waals surface area contributed by atoms with Crippen molar-refractivity contribution in [2.45, 2.75) is 108 Å². The van der Waals surface area contributed by atoms with E-state index in [4.69, 9.17) is 9.47 Å². The lowest BCUT2D eigenvalue weighted by Crippen LogP contribution is -2.55. The van der Waals surface area contributed by atoms with Gasteiger partial charge in [-0.1, -0.05) is 48.4 Å². The minimum Gasteiger partial charge on any atom is -0.461 e. The third-order valence-corrected chi connectivity index (χ3v) is 10.5. The molecule has 33 heavy (non-hydrogen) atoms. The number of rotatable bonds is 8. The standard InChI is InChI=1S/C27H41BrO5/c1-4-23(31)33-25-21(28)16-20-24-19(9-11-27(20,25)3)26(2)10-8-18(14-17(26)15-22(24)30)32-13-7-5-6-12-29/h12,15,18-22,24-25,30H,4-11,13-14,16H2,1-3H3/t18-,19?,20?,21+,22?,24?,25?,26-,27-/m0/s1. The third kappa shape index (κ3) is 4.61. The van der Waals surface area contributed by atoms with E-state index in [2.05, 4.69) is 35.9 Å². The Labute approximate surface area is 207 Å². The van der Waals surface area contributed by atoms with Gasteiger partial charge in [-0.25, -0.2) is 0 Å². The monoisotopic (exact) mass is 524 g/mol. The fourth-order valence-electron chi connectivity index (χ4n) is 7.70. The van der Waals surface area contributed by atoms with Crippen molar-refractivity contribution in [1.82, 2.24) is 0 Å². The zero-order valence-corrected chi connectivity index (χ0v) is 22.0. The number of fused-ring (bicyclic) bond motifs is 5. The van der Waals surface area contributed by atoms with Crippen molar-refractivity contribution in [3.05, 3.63) is 11.6 Å². The van der Waals surface area contributed by atoms with Gasteiger partial charge in [0.25, 0.3) is 0 Å². The van der Waals surface area contributed by atoms with Crippen LogP contribution in [0.5, 0.6) is 0 Å². The summed E-state index contributed by atoms with van der Waals surface area (Å²) in [6, 6.07) is 0. The van der Waals surface area contributed by atoms with Crippen LogP contribution in [0.15, 0.2) is 11.6 Å². The maximum absolute atomic E-state index is 12.1. The molecule has 0 aromatic heterocycles. The molecule has 3 fully saturated rings. The Balaban J connectivity index is 1.49. The van der Waals surface area contributed by atoms with Crippen molar-refractivity contribution in [1.29, 1.82) is 0 Å². The van der Waals surface area contributed by atoms with E-state index >= 15 is 0 Å². The number of halogens is 1. The summed E-state index contributed by atoms with van der Waals surface area (Å²) in [5.41, 5.74) is 1.40. The normalized spacial score (nSPS) is 44.3. The molecule has 0 spiro atoms. The number of aliphatic hydroxyl groups excluding tert-OH is 1. The molecule has 1 N–H and O–H groups in total. The van der Waals surface area contributed by atoms with E-state index < -0.39 is 6.10 Å². The van der Waals surface area contributed by atoms with Gasteiger partial charge in [0, 0.05) is 24.9 Å². The van der Waals surface area contributed by atoms with E-state index in [0.717, 1.165) is 57.7 Å². The van der Waals surface area contributed by atoms with Crippen molar-refractivity contribution >= 4 is 28.2 Å². The minimum atomic E-state index is -0.450. The van der Waals surface area contributed by atoms with Crippen LogP contribution in [-0.4, -0.2) is 47.1 Å². The molecular weight excluding hydrogens is 484 g/mol. The van der Waals surface area contributed by atoms with Crippen LogP contribution in [0.4, 0.5) is 0 Å². The fraction of sp³-hybridized carbons (Fsp3) is 0.852. The Morgan fingerprint density at radius 3 is 2.76 bits per heavy atom. The molecule has 4 rings (SSSR count). The van der Waals surface area contributed by atoms with Gasteiger partial charge in [-0.15, -0.1) is 0 Å². The van der Waals surface area contributed by atoms with Crippen LogP contribution in [0.2, 0.25) is 0 Å². The molecule has 0 saturated heterocycles. The number of esters is 1. The molecule has 0 amide bonds. The lowest BCUT2D eigenvalue weighted by Gasteiger charge is -2.59. The number of alkyl halides is 1. The zero-order chi connectivity index (χ0) is 23.8. The van der Waals surface area contributed by atoms with Crippen LogP contribution in [0.3, 0.4) is 0 Å². The van der Waals surface area contributed by atoms with Crippen molar-refractivity contribution in [3.63, 3.8) is 0 Å². The first kappa shape index (κ1) is 25.4. The van der Waals surface area contributed by atoms with E-state index in [-0.39, 0.29) is 39.8 Å². The molecule has 4 aliphatic rings. The van der Waals surface area contributed by atoms with Crippen LogP contribution >= 0.6 is 15.9 Å². The summed E-state index contributed by atoms with van der Waals surface area (Å²) in [6.07, 6.45) is 11.7. The topological polar surface area (TPSA) is 72.8 Å². The Bertz CT molecular complexity index is 768. The number of hydrogen-bond donors (Lipinski definition) is 1. The van der Waals surface area contributed by atoms with Crippen LogP contribution in [0.1, 0.15) is 85.0 Å². The smallest absolute Gasteiger partial charge is 0.305 e. The fourth-order valence-corrected chi connectivity index (χ4v) is 8.81. The minimum absolute atomic E-state index is 0.0926. The quantitative estimate of drug-likeness (QED) is 0.152. The second-order valence-electron chi connectivity index (χ2n) is 11.3. The molecule has 5 unspecified atom stereocenters. The first-order valence-electron chi connectivity index (χ1n) is 13.0. The van der Waals surface area contributed by atoms with Crippen LogP contribution in [0, 0.1) is 28.6 Å². The largest absolute Gasteiger partial charge is 0.461 e. The van der Waals surface area contributed by atoms with Gasteiger partial charge < -0.3 is 19.4 Å². The molecule has 5 nitrogen and oxygen atoms in total. The maximum Gasteiger partial charge on any atom is 0.305 e. The zero-order valence-electron chi connectivity index (χ0n) is 20.4. The average Bonchev–Trinajstić information content (AvgIpc) is 3.04. The van der Waals surface area contributed by atoms with Gasteiger partial charge in [-0.05, 0) is 74.5 Å². The predicted octanol–water partition coefficient (Wildman–Crippen LogP) is 5.37. The molecule has 0 heterocycles. The summed E-state index contributed by atoms with van der Waals surface area (Å²) >= 11 is 3.84. The van der Waals surface area contributed by atoms with Gasteiger partial charge in [-0.2, -0.15) is 0 Å². The first-order valence-corrected chi connectivity index (χ1v) is 13.9. The van der Waals surface area contributed by atoms with Gasteiger partial charge in [0.05, 0.1) is 17.0 Å². The van der Waals surface area contributed by atoms with Crippen molar-refractivity contribution in [2.75, 3.05) is 6.61 Å². The molecule has 0 radical (unpaired) electrons. The molecular formula is C27H41BrO5. The molecule has 0 aliphatic heterocycles. The van der Waals surface area contributed by atoms with Gasteiger partial charge in [-0.3, -0.25) is 4.79 Å². The Hall–Kier alpha value is -0.720. The van der Waals surface area contributed by atoms with Gasteiger partial charge in [0.2, 0.25) is 0 Å². The number of ether oxygens (including phenoxy) is 2. The van der Waals surface area contributed by atoms with Crippen LogP contribution in [-0.2, 0) is 19.1 Å². The summed E-state index contributed by atoms with van der Waals surface area (Å²) in [5, 5.41) is 11.4. The first-order chi connectivity index (χ1) is 15.7. The summed E-state index contributed by atoms with van der Waals surface area (Å²) in [4.78, 5) is 22.8. The SMILES string of the molecule is CCC(=O)OC1[C@H](Br)CC2C3C(O)C=C4C[C@@H](OCCCCC=O)CC[C@]4(C)C3CC[C@@]21C. The highest BCUT2D eigenvalue weighted by Gasteiger charge is 2.63. The highest BCUT2D eigenvalue weighted by atomic mass is 79.9. The highest BCUT2D eigenvalue weighted by Crippen LogP contribution is 2.66. The van der Waals surface area contributed by atoms with Crippen LogP contribution in [0.25, 0.3) is 0 Å². The number of unbranched alkanes of at least 4 members (excludes halogenated alkanes) is 2. The van der Waals surface area contributed by atoms with E-state index in [1.54, 1.807) is 0 Å². The lowest BCUT2D eigenvalue weighted by atomic mass is 9.47. The highest BCUT2D eigenvalue weighted by molar-refractivity contribution is 9.09. The van der Waals surface area contributed by atoms with Gasteiger partial charge in [0.15, 0.2) is 0 Å². The number of hydrogen-bond acceptors (Lipinski definition) is 5. The summed E-state index contributed by atoms with van der Waals surface area (Å²) < 4.78 is 12.1. The number of carbonyl (C=O) groups excluding carboxylic acids is 2. The van der Waals surface area contributed by atoms with Crippen molar-refractivity contribution < 1.29 is 24.2 Å². The summed E-state index contributed by atoms with van der Waals surface area (Å²) in [7, 11) is 0. The predicted molar refractivity (Wildman–Crippen MR) is 131 cm³/mol. The molecule has 3 saturated carbocycles. The van der Waals surface area contributed by atoms with E-state index in [1.165, 1.54) is 5.57 Å². The van der Waals surface area contributed by atoms with E-state index in [0.29, 0.717) is 31.3 Å². The van der Waals surface area contributed by atoms with E-state index in [1.807, 2.05) is 6.92 Å². The van der Waals surface area contributed by atoms with E-state index in [9.17, 15) is 14.7 Å². The number of aliphatic hydroxyl groups is 1. The third-order valence-electron chi connectivity index (χ3n) is 9.60. The van der Waals surface area contributed by atoms with Crippen molar-refractivity contribution in [2.24, 2.45) is 28.6 Å². The molecule has 9 atom stereocenters. The summed E-state index contributed by atoms with van der Waals surface area (Å²) in [6.45, 7) is 7.26. The molecule has 0 bridgehead atoms. The van der Waals surface area contributed by atoms with Gasteiger partial charge >= 0.3 is 5.97 Å². The second-order valence-corrected chi connectivity index (χ2v) is 12.5.